The van der Waals surface area contributed by atoms with Gasteiger partial charge in [0.15, 0.2) is 6.10 Å². The maximum absolute atomic E-state index is 12.8. The highest BCUT2D eigenvalue weighted by Crippen LogP contribution is 2.47. The number of allylic oxidation sites excluding steroid dienone is 2. The number of aliphatic hydroxyl groups excluding tert-OH is 5. The molecule has 0 bridgehead atoms. The van der Waals surface area contributed by atoms with Crippen molar-refractivity contribution >= 4 is 19.8 Å². The molecule has 1 rings (SSSR count). The minimum Gasteiger partial charge on any atom is -0.462 e. The van der Waals surface area contributed by atoms with Crippen LogP contribution >= 0.6 is 7.82 Å². The predicted molar refractivity (Wildman–Crippen MR) is 249 cm³/mol. The normalized spacial score (nSPS) is 21.7. The summed E-state index contributed by atoms with van der Waals surface area (Å²) in [6.45, 7) is 3.31. The van der Waals surface area contributed by atoms with Crippen molar-refractivity contribution in [2.45, 2.75) is 275 Å². The topological polar surface area (TPSA) is 210 Å². The lowest BCUT2D eigenvalue weighted by Gasteiger charge is -2.41. The van der Waals surface area contributed by atoms with E-state index in [1.165, 1.54) is 148 Å². The Morgan fingerprint density at radius 2 is 0.810 bits per heavy atom. The highest BCUT2D eigenvalue weighted by atomic mass is 31.2. The minimum absolute atomic E-state index is 0.0999. The van der Waals surface area contributed by atoms with E-state index in [9.17, 15) is 44.6 Å². The zero-order valence-electron chi connectivity index (χ0n) is 39.6. The molecule has 0 aromatic heterocycles. The number of carbonyl (C=O) groups excluding carboxylic acids is 2. The molecule has 0 aliphatic heterocycles. The molecule has 1 fully saturated rings. The molecule has 0 radical (unpaired) electrons. The van der Waals surface area contributed by atoms with Gasteiger partial charge in [0.1, 0.15) is 43.2 Å². The molecule has 6 unspecified atom stereocenters. The molecule has 372 valence electrons. The van der Waals surface area contributed by atoms with Crippen LogP contribution < -0.4 is 0 Å². The van der Waals surface area contributed by atoms with Gasteiger partial charge in [-0.05, 0) is 38.5 Å². The lowest BCUT2D eigenvalue weighted by atomic mass is 9.85. The van der Waals surface area contributed by atoms with E-state index in [2.05, 4.69) is 26.0 Å². The van der Waals surface area contributed by atoms with Crippen molar-refractivity contribution in [1.29, 1.82) is 0 Å². The maximum Gasteiger partial charge on any atom is 0.472 e. The number of ether oxygens (including phenoxy) is 2. The number of rotatable bonds is 43. The average Bonchev–Trinajstić information content (AvgIpc) is 3.26. The summed E-state index contributed by atoms with van der Waals surface area (Å²) in [5.41, 5.74) is 0. The van der Waals surface area contributed by atoms with Crippen LogP contribution in [0.1, 0.15) is 232 Å². The van der Waals surface area contributed by atoms with Crippen molar-refractivity contribution in [3.63, 3.8) is 0 Å². The smallest absolute Gasteiger partial charge is 0.462 e. The van der Waals surface area contributed by atoms with E-state index >= 15 is 0 Å². The van der Waals surface area contributed by atoms with Crippen LogP contribution in [0.2, 0.25) is 0 Å². The number of hydrogen-bond acceptors (Lipinski definition) is 12. The Hall–Kier alpha value is -1.41. The quantitative estimate of drug-likeness (QED) is 0.0146. The summed E-state index contributed by atoms with van der Waals surface area (Å²) in [5, 5.41) is 50.2. The van der Waals surface area contributed by atoms with Crippen LogP contribution in [0.3, 0.4) is 0 Å². The van der Waals surface area contributed by atoms with Crippen molar-refractivity contribution < 1.29 is 63.1 Å². The zero-order valence-corrected chi connectivity index (χ0v) is 40.5. The largest absolute Gasteiger partial charge is 0.472 e. The Labute approximate surface area is 382 Å². The molecule has 14 heteroatoms. The third-order valence-corrected chi connectivity index (χ3v) is 13.1. The van der Waals surface area contributed by atoms with E-state index in [0.29, 0.717) is 12.8 Å². The lowest BCUT2D eigenvalue weighted by Crippen LogP contribution is -2.64. The second-order valence-electron chi connectivity index (χ2n) is 18.0. The van der Waals surface area contributed by atoms with Crippen LogP contribution in [0.4, 0.5) is 0 Å². The van der Waals surface area contributed by atoms with Gasteiger partial charge >= 0.3 is 19.8 Å². The van der Waals surface area contributed by atoms with Crippen molar-refractivity contribution in [1.82, 2.24) is 0 Å². The molecule has 1 aliphatic rings. The van der Waals surface area contributed by atoms with Crippen molar-refractivity contribution in [2.75, 3.05) is 13.2 Å². The average molecular weight is 921 g/mol. The second kappa shape index (κ2) is 39.7. The van der Waals surface area contributed by atoms with Crippen LogP contribution in [0, 0.1) is 0 Å². The highest BCUT2D eigenvalue weighted by Gasteiger charge is 2.51. The fourth-order valence-corrected chi connectivity index (χ4v) is 8.96. The van der Waals surface area contributed by atoms with Crippen molar-refractivity contribution in [2.24, 2.45) is 0 Å². The Balaban J connectivity index is 2.38. The molecule has 1 saturated carbocycles. The Bertz CT molecular complexity index is 1160. The Kier molecular flexibility index (Phi) is 37.6. The second-order valence-corrected chi connectivity index (χ2v) is 19.4. The van der Waals surface area contributed by atoms with Gasteiger partial charge in [0.25, 0.3) is 0 Å². The number of esters is 2. The van der Waals surface area contributed by atoms with Gasteiger partial charge in [-0.2, -0.15) is 0 Å². The Morgan fingerprint density at radius 3 is 1.22 bits per heavy atom. The molecule has 0 heterocycles. The molecule has 63 heavy (non-hydrogen) atoms. The highest BCUT2D eigenvalue weighted by molar-refractivity contribution is 7.47. The standard InChI is InChI=1S/C49H93O13P/c1-3-5-7-9-11-13-15-17-18-19-20-21-22-23-24-26-28-30-32-34-36-38-43(51)61-41(40-60-63(57,58)62-49-47(55)45(53)44(52)46(54)48(49)56)39-59-42(50)37-35-33-31-29-27-25-16-14-12-10-8-6-4-2/h25,27,41,44-49,52-56H,3-24,26,28-40H2,1-2H3,(H,57,58)/b27-25+/t41-,44?,45-,46?,47?,48?,49?/m1/s1. The number of phosphoric acid groups is 1. The van der Waals surface area contributed by atoms with Crippen LogP contribution in [-0.4, -0.2) is 98.3 Å². The monoisotopic (exact) mass is 921 g/mol. The molecule has 0 spiro atoms. The number of hydrogen-bond donors (Lipinski definition) is 6. The number of unbranched alkanes of at least 4 members (excludes halogenated alkanes) is 29. The molecule has 13 nitrogen and oxygen atoms in total. The van der Waals surface area contributed by atoms with E-state index in [1.807, 2.05) is 0 Å². The van der Waals surface area contributed by atoms with Crippen molar-refractivity contribution in [3.05, 3.63) is 12.2 Å². The third kappa shape index (κ3) is 32.0. The minimum atomic E-state index is -5.12. The van der Waals surface area contributed by atoms with E-state index in [-0.39, 0.29) is 12.8 Å². The molecule has 0 saturated heterocycles. The van der Waals surface area contributed by atoms with E-state index < -0.39 is 75.7 Å². The summed E-state index contributed by atoms with van der Waals surface area (Å²) in [6, 6.07) is 0. The third-order valence-electron chi connectivity index (χ3n) is 12.1. The van der Waals surface area contributed by atoms with Gasteiger partial charge in [0.2, 0.25) is 0 Å². The first-order valence-corrected chi connectivity index (χ1v) is 27.0. The van der Waals surface area contributed by atoms with Crippen LogP contribution in [-0.2, 0) is 32.7 Å². The van der Waals surface area contributed by atoms with E-state index in [1.54, 1.807) is 0 Å². The fraction of sp³-hybridized carbons (Fsp3) is 0.918. The predicted octanol–water partition coefficient (Wildman–Crippen LogP) is 10.6. The molecule has 6 N–H and O–H groups in total. The van der Waals surface area contributed by atoms with Crippen LogP contribution in [0.15, 0.2) is 12.2 Å². The molecule has 1 aliphatic carbocycles. The number of phosphoric ester groups is 1. The van der Waals surface area contributed by atoms with Gasteiger partial charge < -0.3 is 39.9 Å². The molecular formula is C49H93O13P. The molecule has 0 aromatic rings. The number of carbonyl (C=O) groups is 2. The van der Waals surface area contributed by atoms with E-state index in [0.717, 1.165) is 44.9 Å². The maximum atomic E-state index is 12.8. The van der Waals surface area contributed by atoms with E-state index in [4.69, 9.17) is 18.5 Å². The van der Waals surface area contributed by atoms with Gasteiger partial charge in [-0.1, -0.05) is 193 Å². The molecule has 0 aromatic carbocycles. The summed E-state index contributed by atoms with van der Waals surface area (Å²) < 4.78 is 33.6. The van der Waals surface area contributed by atoms with Crippen LogP contribution in [0.25, 0.3) is 0 Å². The first-order valence-electron chi connectivity index (χ1n) is 25.5. The SMILES string of the molecule is CCCCCCCC/C=C/CCCCCC(=O)OC[C@H](COP(=O)(O)OC1C(O)C(O)C(O)[C@@H](O)C1O)OC(=O)CCCCCCCCCCCCCCCCCCCCCCC. The summed E-state index contributed by atoms with van der Waals surface area (Å²) in [6.07, 6.45) is 29.8. The number of aliphatic hydroxyl groups is 5. The summed E-state index contributed by atoms with van der Waals surface area (Å²) >= 11 is 0. The van der Waals surface area contributed by atoms with Crippen molar-refractivity contribution in [3.8, 4) is 0 Å². The summed E-state index contributed by atoms with van der Waals surface area (Å²) in [4.78, 5) is 35.8. The van der Waals surface area contributed by atoms with Crippen LogP contribution in [0.5, 0.6) is 0 Å². The fourth-order valence-electron chi connectivity index (χ4n) is 7.99. The van der Waals surface area contributed by atoms with Gasteiger partial charge in [-0.3, -0.25) is 18.6 Å². The molecule has 0 amide bonds. The molecular weight excluding hydrogens is 827 g/mol. The molecule has 8 atom stereocenters. The summed E-state index contributed by atoms with van der Waals surface area (Å²) in [5.74, 6) is -1.11. The van der Waals surface area contributed by atoms with Gasteiger partial charge in [0, 0.05) is 12.8 Å². The Morgan fingerprint density at radius 1 is 0.476 bits per heavy atom. The first kappa shape index (κ1) is 59.6. The zero-order chi connectivity index (χ0) is 46.4. The van der Waals surface area contributed by atoms with Gasteiger partial charge in [-0.15, -0.1) is 0 Å². The van der Waals surface area contributed by atoms with Gasteiger partial charge in [-0.25, -0.2) is 4.57 Å². The van der Waals surface area contributed by atoms with Gasteiger partial charge in [0.05, 0.1) is 6.61 Å². The summed E-state index contributed by atoms with van der Waals surface area (Å²) in [7, 11) is -5.12. The lowest BCUT2D eigenvalue weighted by molar-refractivity contribution is -0.220. The first-order chi connectivity index (χ1) is 30.4.